The molecule has 0 amide bonds. The Bertz CT molecular complexity index is 478. The van der Waals surface area contributed by atoms with E-state index in [-0.39, 0.29) is 5.56 Å². The van der Waals surface area contributed by atoms with Gasteiger partial charge in [0.25, 0.3) is 5.56 Å². The molecule has 0 aliphatic heterocycles. The van der Waals surface area contributed by atoms with Gasteiger partial charge >= 0.3 is 0 Å². The van der Waals surface area contributed by atoms with Gasteiger partial charge in [0.05, 0.1) is 11.6 Å². The predicted molar refractivity (Wildman–Crippen MR) is 50.4 cm³/mol. The number of thiol groups is 1. The second kappa shape index (κ2) is 2.64. The Kier molecular flexibility index (Phi) is 1.62. The molecule has 0 radical (unpaired) electrons. The third-order valence-corrected chi connectivity index (χ3v) is 1.96. The summed E-state index contributed by atoms with van der Waals surface area (Å²) in [6, 6.07) is 7.29. The summed E-state index contributed by atoms with van der Waals surface area (Å²) in [6.07, 6.45) is 1.61. The van der Waals surface area contributed by atoms with Gasteiger partial charge in [0.2, 0.25) is 0 Å². The number of rotatable bonds is 0. The van der Waals surface area contributed by atoms with Crippen LogP contribution in [0.15, 0.2) is 35.3 Å². The third-order valence-electron chi connectivity index (χ3n) is 1.68. The number of fused-ring (bicyclic) bond motifs is 1. The second-order valence-corrected chi connectivity index (χ2v) is 2.81. The topological polar surface area (TPSA) is 34.9 Å². The van der Waals surface area contributed by atoms with Gasteiger partial charge in [-0.05, 0) is 18.9 Å². The van der Waals surface area contributed by atoms with Crippen LogP contribution in [0.1, 0.15) is 0 Å². The molecule has 0 saturated heterocycles. The Hall–Kier alpha value is -1.29. The largest absolute Gasteiger partial charge is 0.284 e. The summed E-state index contributed by atoms with van der Waals surface area (Å²) in [4.78, 5) is 11.4. The van der Waals surface area contributed by atoms with Crippen molar-refractivity contribution in [1.82, 2.24) is 9.19 Å². The lowest BCUT2D eigenvalue weighted by Gasteiger charge is -1.96. The van der Waals surface area contributed by atoms with E-state index in [1.54, 1.807) is 12.3 Å². The van der Waals surface area contributed by atoms with Crippen LogP contribution in [0.2, 0.25) is 0 Å². The van der Waals surface area contributed by atoms with E-state index >= 15 is 0 Å². The Morgan fingerprint density at radius 1 is 1.33 bits per heavy atom. The van der Waals surface area contributed by atoms with E-state index in [0.29, 0.717) is 5.39 Å². The second-order valence-electron chi connectivity index (χ2n) is 2.43. The van der Waals surface area contributed by atoms with Crippen molar-refractivity contribution in [2.24, 2.45) is 0 Å². The van der Waals surface area contributed by atoms with Crippen LogP contribution in [0, 0.1) is 0 Å². The summed E-state index contributed by atoms with van der Waals surface area (Å²) in [5, 5.41) is 5.26. The fourth-order valence-corrected chi connectivity index (χ4v) is 1.24. The van der Waals surface area contributed by atoms with Gasteiger partial charge in [0.15, 0.2) is 0 Å². The first-order valence-corrected chi connectivity index (χ1v) is 3.85. The summed E-state index contributed by atoms with van der Waals surface area (Å²) >= 11 is 3.87. The molecule has 3 nitrogen and oxygen atoms in total. The standard InChI is InChI=1S/C8H6N2OS/c11-8-7-4-2-1-3-6(7)5-9-10(8)12/h1-5,12H. The van der Waals surface area contributed by atoms with Gasteiger partial charge in [-0.3, -0.25) is 4.79 Å². The zero-order valence-electron chi connectivity index (χ0n) is 6.14. The van der Waals surface area contributed by atoms with Crippen molar-refractivity contribution < 1.29 is 0 Å². The van der Waals surface area contributed by atoms with E-state index < -0.39 is 0 Å². The SMILES string of the molecule is O=c1c2ccccc2cnn1S. The minimum Gasteiger partial charge on any atom is -0.266 e. The van der Waals surface area contributed by atoms with E-state index in [4.69, 9.17) is 0 Å². The zero-order chi connectivity index (χ0) is 8.55. The summed E-state index contributed by atoms with van der Waals surface area (Å²) in [6.45, 7) is 0. The maximum atomic E-state index is 11.4. The monoisotopic (exact) mass is 178 g/mol. The van der Waals surface area contributed by atoms with Gasteiger partial charge in [0.1, 0.15) is 0 Å². The molecule has 1 aromatic heterocycles. The molecule has 0 unspecified atom stereocenters. The Balaban J connectivity index is 3.01. The number of aromatic nitrogens is 2. The average molecular weight is 178 g/mol. The normalized spacial score (nSPS) is 10.4. The van der Waals surface area contributed by atoms with Gasteiger partial charge in [-0.2, -0.15) is 9.19 Å². The van der Waals surface area contributed by atoms with Crippen LogP contribution in [-0.4, -0.2) is 9.19 Å². The molecule has 60 valence electrons. The van der Waals surface area contributed by atoms with Crippen molar-refractivity contribution in [3.05, 3.63) is 40.8 Å². The van der Waals surface area contributed by atoms with Gasteiger partial charge in [-0.25, -0.2) is 0 Å². The molecule has 0 aliphatic carbocycles. The van der Waals surface area contributed by atoms with Gasteiger partial charge in [-0.15, -0.1) is 0 Å². The first-order chi connectivity index (χ1) is 5.79. The van der Waals surface area contributed by atoms with Crippen molar-refractivity contribution in [3.8, 4) is 0 Å². The van der Waals surface area contributed by atoms with Crippen LogP contribution in [-0.2, 0) is 0 Å². The number of hydrogen-bond acceptors (Lipinski definition) is 3. The highest BCUT2D eigenvalue weighted by molar-refractivity contribution is 7.78. The molecular formula is C8H6N2OS. The van der Waals surface area contributed by atoms with Crippen LogP contribution >= 0.6 is 12.8 Å². The molecule has 2 aromatic rings. The molecule has 0 spiro atoms. The van der Waals surface area contributed by atoms with Crippen molar-refractivity contribution in [1.29, 1.82) is 0 Å². The van der Waals surface area contributed by atoms with Crippen molar-refractivity contribution in [3.63, 3.8) is 0 Å². The molecule has 0 N–H and O–H groups in total. The minimum atomic E-state index is -0.184. The number of hydrogen-bond donors (Lipinski definition) is 1. The number of nitrogens with zero attached hydrogens (tertiary/aromatic N) is 2. The first kappa shape index (κ1) is 7.36. The van der Waals surface area contributed by atoms with Gasteiger partial charge in [-0.1, -0.05) is 18.2 Å². The number of benzene rings is 1. The highest BCUT2D eigenvalue weighted by Gasteiger charge is 1.98. The first-order valence-electron chi connectivity index (χ1n) is 3.45. The highest BCUT2D eigenvalue weighted by Crippen LogP contribution is 2.06. The molecule has 12 heavy (non-hydrogen) atoms. The Morgan fingerprint density at radius 2 is 2.08 bits per heavy atom. The van der Waals surface area contributed by atoms with Crippen LogP contribution in [0.4, 0.5) is 0 Å². The molecule has 1 heterocycles. The van der Waals surface area contributed by atoms with E-state index in [2.05, 4.69) is 17.9 Å². The van der Waals surface area contributed by atoms with Crippen LogP contribution in [0.25, 0.3) is 10.8 Å². The lowest BCUT2D eigenvalue weighted by atomic mass is 10.2. The lowest BCUT2D eigenvalue weighted by molar-refractivity contribution is 0.945. The molecule has 0 fully saturated rings. The molecule has 1 aromatic carbocycles. The molecule has 0 bridgehead atoms. The molecular weight excluding hydrogens is 172 g/mol. The summed E-state index contributed by atoms with van der Waals surface area (Å²) < 4.78 is 1.03. The smallest absolute Gasteiger partial charge is 0.266 e. The molecule has 4 heteroatoms. The summed E-state index contributed by atoms with van der Waals surface area (Å²) in [5.41, 5.74) is -0.184. The third kappa shape index (κ3) is 1.00. The van der Waals surface area contributed by atoms with Gasteiger partial charge < -0.3 is 0 Å². The van der Waals surface area contributed by atoms with Crippen LogP contribution in [0.5, 0.6) is 0 Å². The van der Waals surface area contributed by atoms with Gasteiger partial charge in [0, 0.05) is 5.39 Å². The molecule has 0 saturated carbocycles. The fourth-order valence-electron chi connectivity index (χ4n) is 1.08. The van der Waals surface area contributed by atoms with E-state index in [0.717, 1.165) is 9.47 Å². The fraction of sp³-hybridized carbons (Fsp3) is 0. The maximum absolute atomic E-state index is 11.4. The molecule has 2 rings (SSSR count). The highest BCUT2D eigenvalue weighted by atomic mass is 32.1. The summed E-state index contributed by atoms with van der Waals surface area (Å²) in [5.74, 6) is 0. The maximum Gasteiger partial charge on any atom is 0.284 e. The van der Waals surface area contributed by atoms with Crippen molar-refractivity contribution in [2.45, 2.75) is 0 Å². The average Bonchev–Trinajstić information content (AvgIpc) is 2.12. The summed E-state index contributed by atoms with van der Waals surface area (Å²) in [7, 11) is 0. The predicted octanol–water partition coefficient (Wildman–Crippen LogP) is 1.09. The van der Waals surface area contributed by atoms with Crippen molar-refractivity contribution >= 4 is 23.6 Å². The lowest BCUT2D eigenvalue weighted by Crippen LogP contribution is -2.14. The molecule has 0 atom stereocenters. The van der Waals surface area contributed by atoms with E-state index in [1.165, 1.54) is 0 Å². The van der Waals surface area contributed by atoms with E-state index in [1.807, 2.05) is 18.2 Å². The Labute approximate surface area is 74.2 Å². The molecule has 0 aliphatic rings. The minimum absolute atomic E-state index is 0.184. The zero-order valence-corrected chi connectivity index (χ0v) is 7.03. The van der Waals surface area contributed by atoms with Crippen molar-refractivity contribution in [2.75, 3.05) is 0 Å². The van der Waals surface area contributed by atoms with Crippen LogP contribution in [0.3, 0.4) is 0 Å². The van der Waals surface area contributed by atoms with E-state index in [9.17, 15) is 4.79 Å². The Morgan fingerprint density at radius 3 is 2.92 bits per heavy atom. The quantitative estimate of drug-likeness (QED) is 0.613. The van der Waals surface area contributed by atoms with Crippen LogP contribution < -0.4 is 5.56 Å².